The van der Waals surface area contributed by atoms with E-state index in [1.54, 1.807) is 0 Å². The van der Waals surface area contributed by atoms with Crippen molar-refractivity contribution >= 4 is 17.9 Å². The SMILES string of the molecule is CCCCCCC/C=C\C/C=C\CCCCCCCCCCCCCCCCCCCCCC(=O)OCC(COC(=O)CCCCCCC/C=C\CCCCCCCC)OC(=O)CCCCCCCCCCCCCCCCCC. The Kier molecular flexibility index (Phi) is 67.1. The molecule has 80 heavy (non-hydrogen) atoms. The molecule has 0 radical (unpaired) electrons. The van der Waals surface area contributed by atoms with Crippen LogP contribution < -0.4 is 0 Å². The number of hydrogen-bond donors (Lipinski definition) is 0. The minimum atomic E-state index is -0.772. The maximum atomic E-state index is 12.9. The van der Waals surface area contributed by atoms with E-state index >= 15 is 0 Å². The van der Waals surface area contributed by atoms with E-state index < -0.39 is 6.10 Å². The average Bonchev–Trinajstić information content (AvgIpc) is 3.46. The van der Waals surface area contributed by atoms with Gasteiger partial charge in [-0.3, -0.25) is 14.4 Å². The molecular formula is C74H138O6. The van der Waals surface area contributed by atoms with Crippen molar-refractivity contribution in [2.45, 2.75) is 406 Å². The van der Waals surface area contributed by atoms with Gasteiger partial charge in [-0.15, -0.1) is 0 Å². The van der Waals surface area contributed by atoms with E-state index in [1.165, 1.54) is 289 Å². The summed E-state index contributed by atoms with van der Waals surface area (Å²) in [5.74, 6) is -0.847. The monoisotopic (exact) mass is 1120 g/mol. The van der Waals surface area contributed by atoms with Crippen molar-refractivity contribution in [2.24, 2.45) is 0 Å². The Labute approximate surface area is 499 Å². The highest BCUT2D eigenvalue weighted by molar-refractivity contribution is 5.71. The fourth-order valence-electron chi connectivity index (χ4n) is 10.9. The third-order valence-electron chi connectivity index (χ3n) is 16.4. The number of ether oxygens (including phenoxy) is 3. The van der Waals surface area contributed by atoms with E-state index in [0.29, 0.717) is 19.3 Å². The van der Waals surface area contributed by atoms with Gasteiger partial charge in [0.15, 0.2) is 6.10 Å². The summed E-state index contributed by atoms with van der Waals surface area (Å²) >= 11 is 0. The molecule has 0 aromatic heterocycles. The third-order valence-corrected chi connectivity index (χ3v) is 16.4. The molecule has 0 N–H and O–H groups in total. The Balaban J connectivity index is 4.16. The normalized spacial score (nSPS) is 12.2. The van der Waals surface area contributed by atoms with Crippen molar-refractivity contribution in [1.29, 1.82) is 0 Å². The molecule has 0 fully saturated rings. The van der Waals surface area contributed by atoms with Crippen molar-refractivity contribution in [2.75, 3.05) is 13.2 Å². The van der Waals surface area contributed by atoms with Gasteiger partial charge in [-0.25, -0.2) is 0 Å². The Morgan fingerprint density at radius 2 is 0.450 bits per heavy atom. The van der Waals surface area contributed by atoms with Gasteiger partial charge < -0.3 is 14.2 Å². The smallest absolute Gasteiger partial charge is 0.306 e. The predicted octanol–water partition coefficient (Wildman–Crippen LogP) is 24.7. The number of unbranched alkanes of at least 4 members (excludes halogenated alkanes) is 50. The van der Waals surface area contributed by atoms with Gasteiger partial charge >= 0.3 is 17.9 Å². The van der Waals surface area contributed by atoms with Crippen molar-refractivity contribution in [3.05, 3.63) is 36.5 Å². The quantitative estimate of drug-likeness (QED) is 0.0261. The summed E-state index contributed by atoms with van der Waals surface area (Å²) in [4.78, 5) is 38.4. The molecule has 0 saturated heterocycles. The Morgan fingerprint density at radius 1 is 0.250 bits per heavy atom. The van der Waals surface area contributed by atoms with Crippen LogP contribution in [0.2, 0.25) is 0 Å². The zero-order valence-corrected chi connectivity index (χ0v) is 54.1. The number of rotatable bonds is 67. The molecule has 0 aromatic rings. The first-order valence-electron chi connectivity index (χ1n) is 36.0. The van der Waals surface area contributed by atoms with E-state index in [0.717, 1.165) is 70.6 Å². The van der Waals surface area contributed by atoms with Gasteiger partial charge in [-0.05, 0) is 77.0 Å². The second-order valence-corrected chi connectivity index (χ2v) is 24.5. The predicted molar refractivity (Wildman–Crippen MR) is 349 cm³/mol. The molecule has 0 rings (SSSR count). The molecule has 0 spiro atoms. The molecule has 470 valence electrons. The van der Waals surface area contributed by atoms with E-state index in [-0.39, 0.29) is 31.1 Å². The highest BCUT2D eigenvalue weighted by atomic mass is 16.6. The molecule has 0 heterocycles. The summed E-state index contributed by atoms with van der Waals surface area (Å²) in [7, 11) is 0. The molecule has 0 aliphatic heterocycles. The minimum absolute atomic E-state index is 0.0684. The summed E-state index contributed by atoms with van der Waals surface area (Å²) in [6.45, 7) is 6.69. The van der Waals surface area contributed by atoms with Crippen LogP contribution in [-0.2, 0) is 28.6 Å². The molecule has 1 unspecified atom stereocenters. The van der Waals surface area contributed by atoms with E-state index in [9.17, 15) is 14.4 Å². The maximum absolute atomic E-state index is 12.9. The van der Waals surface area contributed by atoms with Gasteiger partial charge in [0.1, 0.15) is 13.2 Å². The van der Waals surface area contributed by atoms with Crippen LogP contribution in [-0.4, -0.2) is 37.2 Å². The standard InChI is InChI=1S/C74H138O6/c1-4-7-10-13-16-19-22-25-28-30-31-32-33-34-35-36-37-38-39-40-41-42-43-44-47-49-52-55-58-61-64-67-73(76)79-70-71(69-78-72(75)66-63-60-57-54-51-48-45-27-24-21-18-15-12-9-6-3)80-74(77)68-65-62-59-56-53-50-46-29-26-23-20-17-14-11-8-5-2/h22,25,27,30-31,45,71H,4-21,23-24,26,28-29,32-44,46-70H2,1-3H3/b25-22-,31-30-,45-27-. The Morgan fingerprint density at radius 3 is 0.700 bits per heavy atom. The van der Waals surface area contributed by atoms with Gasteiger partial charge in [-0.2, -0.15) is 0 Å². The van der Waals surface area contributed by atoms with Crippen molar-refractivity contribution in [1.82, 2.24) is 0 Å². The van der Waals surface area contributed by atoms with Gasteiger partial charge in [0.2, 0.25) is 0 Å². The summed E-state index contributed by atoms with van der Waals surface area (Å²) in [6.07, 6.45) is 86.1. The first-order valence-corrected chi connectivity index (χ1v) is 36.0. The van der Waals surface area contributed by atoms with Crippen LogP contribution in [0.5, 0.6) is 0 Å². The summed E-state index contributed by atoms with van der Waals surface area (Å²) in [6, 6.07) is 0. The van der Waals surface area contributed by atoms with Crippen molar-refractivity contribution in [3.63, 3.8) is 0 Å². The van der Waals surface area contributed by atoms with Crippen LogP contribution >= 0.6 is 0 Å². The highest BCUT2D eigenvalue weighted by Gasteiger charge is 2.19. The van der Waals surface area contributed by atoms with Crippen LogP contribution in [0.3, 0.4) is 0 Å². The highest BCUT2D eigenvalue weighted by Crippen LogP contribution is 2.18. The van der Waals surface area contributed by atoms with Crippen LogP contribution in [0.4, 0.5) is 0 Å². The molecule has 0 bridgehead atoms. The molecule has 0 aliphatic carbocycles. The van der Waals surface area contributed by atoms with Crippen LogP contribution in [0.15, 0.2) is 36.5 Å². The van der Waals surface area contributed by atoms with E-state index in [4.69, 9.17) is 14.2 Å². The van der Waals surface area contributed by atoms with Gasteiger partial charge in [-0.1, -0.05) is 340 Å². The molecule has 1 atom stereocenters. The summed E-state index contributed by atoms with van der Waals surface area (Å²) in [5, 5.41) is 0. The molecule has 6 nitrogen and oxygen atoms in total. The number of allylic oxidation sites excluding steroid dienone is 6. The molecule has 6 heteroatoms. The minimum Gasteiger partial charge on any atom is -0.462 e. The zero-order chi connectivity index (χ0) is 57.8. The number of esters is 3. The van der Waals surface area contributed by atoms with Crippen molar-refractivity contribution in [3.8, 4) is 0 Å². The number of hydrogen-bond acceptors (Lipinski definition) is 6. The first-order chi connectivity index (χ1) is 39.5. The fourth-order valence-corrected chi connectivity index (χ4v) is 10.9. The lowest BCUT2D eigenvalue weighted by molar-refractivity contribution is -0.167. The number of carbonyl (C=O) groups is 3. The Hall–Kier alpha value is -2.37. The lowest BCUT2D eigenvalue weighted by Gasteiger charge is -2.18. The zero-order valence-electron chi connectivity index (χ0n) is 54.1. The summed E-state index contributed by atoms with van der Waals surface area (Å²) in [5.41, 5.74) is 0. The molecule has 0 saturated carbocycles. The van der Waals surface area contributed by atoms with Gasteiger partial charge in [0, 0.05) is 19.3 Å². The third kappa shape index (κ3) is 66.4. The second kappa shape index (κ2) is 69.1. The lowest BCUT2D eigenvalue weighted by Crippen LogP contribution is -2.30. The van der Waals surface area contributed by atoms with Crippen LogP contribution in [0, 0.1) is 0 Å². The largest absolute Gasteiger partial charge is 0.462 e. The molecule has 0 aliphatic rings. The van der Waals surface area contributed by atoms with E-state index in [1.807, 2.05) is 0 Å². The summed E-state index contributed by atoms with van der Waals surface area (Å²) < 4.78 is 17.0. The van der Waals surface area contributed by atoms with Gasteiger partial charge in [0.25, 0.3) is 0 Å². The topological polar surface area (TPSA) is 78.9 Å². The van der Waals surface area contributed by atoms with Crippen LogP contribution in [0.1, 0.15) is 400 Å². The number of carbonyl (C=O) groups excluding carboxylic acids is 3. The van der Waals surface area contributed by atoms with E-state index in [2.05, 4.69) is 57.2 Å². The second-order valence-electron chi connectivity index (χ2n) is 24.5. The Bertz CT molecular complexity index is 1340. The average molecular weight is 1120 g/mol. The lowest BCUT2D eigenvalue weighted by atomic mass is 10.0. The molecule has 0 aromatic carbocycles. The fraction of sp³-hybridized carbons (Fsp3) is 0.878. The van der Waals surface area contributed by atoms with Crippen LogP contribution in [0.25, 0.3) is 0 Å². The molecule has 0 amide bonds. The van der Waals surface area contributed by atoms with Gasteiger partial charge in [0.05, 0.1) is 0 Å². The maximum Gasteiger partial charge on any atom is 0.306 e. The molecular weight excluding hydrogens is 985 g/mol. The van der Waals surface area contributed by atoms with Crippen molar-refractivity contribution < 1.29 is 28.6 Å². The first kappa shape index (κ1) is 77.6.